The average Bonchev–Trinajstić information content (AvgIpc) is 2.28. The molecule has 0 bridgehead atoms. The summed E-state index contributed by atoms with van der Waals surface area (Å²) < 4.78 is 15.6. The van der Waals surface area contributed by atoms with Gasteiger partial charge < -0.3 is 4.74 Å². The van der Waals surface area contributed by atoms with E-state index in [-0.39, 0.29) is 5.69 Å². The van der Waals surface area contributed by atoms with Gasteiger partial charge in [-0.2, -0.15) is 0 Å². The van der Waals surface area contributed by atoms with Gasteiger partial charge in [0, 0.05) is 0 Å². The van der Waals surface area contributed by atoms with Crippen LogP contribution in [-0.2, 0) is 4.74 Å². The number of hydrogen-bond donors (Lipinski definition) is 1. The zero-order valence-corrected chi connectivity index (χ0v) is 11.3. The summed E-state index contributed by atoms with van der Waals surface area (Å²) in [7, 11) is 0. The van der Waals surface area contributed by atoms with E-state index in [2.05, 4.69) is 4.74 Å². The summed E-state index contributed by atoms with van der Waals surface area (Å²) in [5, 5.41) is 12.7. The van der Waals surface area contributed by atoms with Crippen molar-refractivity contribution in [3.8, 4) is 0 Å². The molecule has 0 atom stereocenters. The molecule has 6 nitrogen and oxygen atoms in total. The number of carbonyl (C=O) groups excluding carboxylic acids is 1. The first-order valence-electron chi connectivity index (χ1n) is 4.63. The molecule has 1 aromatic carbocycles. The second kappa shape index (κ2) is 6.23. The molecular formula is C9H6Cl3FN2O4. The van der Waals surface area contributed by atoms with Crippen LogP contribution in [0.25, 0.3) is 0 Å². The normalized spacial score (nSPS) is 10.9. The minimum atomic E-state index is -1.80. The second-order valence-electron chi connectivity index (χ2n) is 3.23. The van der Waals surface area contributed by atoms with Crippen LogP contribution in [0.1, 0.15) is 0 Å². The van der Waals surface area contributed by atoms with Crippen LogP contribution in [0.3, 0.4) is 0 Å². The van der Waals surface area contributed by atoms with Crippen molar-refractivity contribution in [3.63, 3.8) is 0 Å². The molecule has 1 aromatic rings. The fraction of sp³-hybridized carbons (Fsp3) is 0.222. The first kappa shape index (κ1) is 15.7. The molecular weight excluding hydrogens is 325 g/mol. The van der Waals surface area contributed by atoms with Crippen LogP contribution >= 0.6 is 34.8 Å². The molecule has 1 rings (SSSR count). The second-order valence-corrected chi connectivity index (χ2v) is 5.75. The molecule has 0 radical (unpaired) electrons. The third kappa shape index (κ3) is 5.46. The van der Waals surface area contributed by atoms with E-state index in [0.717, 1.165) is 12.1 Å². The maximum atomic E-state index is 12.8. The van der Waals surface area contributed by atoms with Crippen LogP contribution < -0.4 is 5.32 Å². The smallest absolute Gasteiger partial charge is 0.411 e. The SMILES string of the molecule is O=C(Nc1ccc(F)cc1[N+](=O)[O-])OCC(Cl)(Cl)Cl. The van der Waals surface area contributed by atoms with Gasteiger partial charge in [0.05, 0.1) is 11.0 Å². The van der Waals surface area contributed by atoms with E-state index in [1.54, 1.807) is 0 Å². The number of anilines is 1. The number of nitrogens with zero attached hydrogens (tertiary/aromatic N) is 1. The van der Waals surface area contributed by atoms with Gasteiger partial charge in [-0.3, -0.25) is 15.4 Å². The third-order valence-electron chi connectivity index (χ3n) is 1.76. The summed E-state index contributed by atoms with van der Waals surface area (Å²) in [4.78, 5) is 21.1. The molecule has 0 saturated heterocycles. The fourth-order valence-electron chi connectivity index (χ4n) is 1.05. The lowest BCUT2D eigenvalue weighted by Crippen LogP contribution is -2.21. The van der Waals surface area contributed by atoms with Gasteiger partial charge in [0.25, 0.3) is 5.69 Å². The lowest BCUT2D eigenvalue weighted by atomic mass is 10.2. The Morgan fingerprint density at radius 2 is 2.11 bits per heavy atom. The van der Waals surface area contributed by atoms with E-state index in [0.29, 0.717) is 6.07 Å². The summed E-state index contributed by atoms with van der Waals surface area (Å²) >= 11 is 16.1. The highest BCUT2D eigenvalue weighted by atomic mass is 35.6. The molecule has 19 heavy (non-hydrogen) atoms. The average molecular weight is 332 g/mol. The lowest BCUT2D eigenvalue weighted by molar-refractivity contribution is -0.384. The van der Waals surface area contributed by atoms with E-state index in [9.17, 15) is 19.3 Å². The van der Waals surface area contributed by atoms with Crippen molar-refractivity contribution in [2.75, 3.05) is 11.9 Å². The van der Waals surface area contributed by atoms with E-state index in [1.807, 2.05) is 5.32 Å². The Kier molecular flexibility index (Phi) is 5.16. The van der Waals surface area contributed by atoms with Crippen LogP contribution in [0, 0.1) is 15.9 Å². The van der Waals surface area contributed by atoms with Crippen molar-refractivity contribution in [1.82, 2.24) is 0 Å². The number of alkyl halides is 3. The van der Waals surface area contributed by atoms with Gasteiger partial charge in [0.2, 0.25) is 3.79 Å². The van der Waals surface area contributed by atoms with Gasteiger partial charge in [0.15, 0.2) is 0 Å². The number of carbonyl (C=O) groups is 1. The summed E-state index contributed by atoms with van der Waals surface area (Å²) in [5.41, 5.74) is -0.855. The topological polar surface area (TPSA) is 81.5 Å². The number of halogens is 4. The van der Waals surface area contributed by atoms with Crippen LogP contribution in [0.5, 0.6) is 0 Å². The van der Waals surface area contributed by atoms with E-state index in [4.69, 9.17) is 34.8 Å². The van der Waals surface area contributed by atoms with E-state index < -0.39 is 32.9 Å². The molecule has 0 aromatic heterocycles. The fourth-order valence-corrected chi connectivity index (χ4v) is 1.22. The number of nitro groups is 1. The van der Waals surface area contributed by atoms with Crippen LogP contribution in [-0.4, -0.2) is 21.4 Å². The van der Waals surface area contributed by atoms with Crippen molar-refractivity contribution in [2.45, 2.75) is 3.79 Å². The van der Waals surface area contributed by atoms with Crippen LogP contribution in [0.2, 0.25) is 0 Å². The molecule has 1 amide bonds. The molecule has 0 saturated carbocycles. The highest BCUT2D eigenvalue weighted by Gasteiger charge is 2.23. The molecule has 0 aliphatic carbocycles. The molecule has 0 fully saturated rings. The molecule has 0 unspecified atom stereocenters. The summed E-state index contributed by atoms with van der Waals surface area (Å²) in [5.74, 6) is -0.813. The summed E-state index contributed by atoms with van der Waals surface area (Å²) in [6.45, 7) is -0.543. The molecule has 0 heterocycles. The zero-order valence-electron chi connectivity index (χ0n) is 9.03. The Labute approximate surface area is 121 Å². The largest absolute Gasteiger partial charge is 0.445 e. The molecule has 1 N–H and O–H groups in total. The van der Waals surface area contributed by atoms with Crippen molar-refractivity contribution in [2.24, 2.45) is 0 Å². The standard InChI is InChI=1S/C9H6Cl3FN2O4/c10-9(11,12)4-19-8(16)14-6-2-1-5(13)3-7(6)15(17)18/h1-3H,4H2,(H,14,16). The molecule has 0 spiro atoms. The Balaban J connectivity index is 2.77. The number of hydrogen-bond acceptors (Lipinski definition) is 4. The third-order valence-corrected chi connectivity index (χ3v) is 2.09. The summed E-state index contributed by atoms with van der Waals surface area (Å²) in [6, 6.07) is 2.62. The van der Waals surface area contributed by atoms with Gasteiger partial charge in [-0.25, -0.2) is 9.18 Å². The molecule has 10 heteroatoms. The van der Waals surface area contributed by atoms with E-state index in [1.165, 1.54) is 0 Å². The highest BCUT2D eigenvalue weighted by Crippen LogP contribution is 2.27. The minimum absolute atomic E-state index is 0.235. The number of amides is 1. The van der Waals surface area contributed by atoms with Gasteiger partial charge in [-0.15, -0.1) is 0 Å². The number of benzene rings is 1. The number of rotatable bonds is 3. The van der Waals surface area contributed by atoms with Gasteiger partial charge in [-0.1, -0.05) is 34.8 Å². The van der Waals surface area contributed by atoms with Crippen molar-refractivity contribution in [3.05, 3.63) is 34.1 Å². The van der Waals surface area contributed by atoms with Gasteiger partial charge in [0.1, 0.15) is 18.1 Å². The number of ether oxygens (including phenoxy) is 1. The maximum Gasteiger partial charge on any atom is 0.411 e. The van der Waals surface area contributed by atoms with Crippen LogP contribution in [0.15, 0.2) is 18.2 Å². The summed E-state index contributed by atoms with van der Waals surface area (Å²) in [6.07, 6.45) is -1.07. The Hall–Kier alpha value is -1.31. The van der Waals surface area contributed by atoms with Crippen LogP contribution in [0.4, 0.5) is 20.6 Å². The van der Waals surface area contributed by atoms with Crippen molar-refractivity contribution in [1.29, 1.82) is 0 Å². The molecule has 0 aliphatic heterocycles. The number of nitro benzene ring substituents is 1. The lowest BCUT2D eigenvalue weighted by Gasteiger charge is -2.12. The maximum absolute atomic E-state index is 12.8. The number of nitrogens with one attached hydrogen (secondary N) is 1. The molecule has 0 aliphatic rings. The first-order chi connectivity index (χ1) is 8.69. The monoisotopic (exact) mass is 330 g/mol. The van der Waals surface area contributed by atoms with Gasteiger partial charge in [-0.05, 0) is 12.1 Å². The Bertz CT molecular complexity index is 507. The first-order valence-corrected chi connectivity index (χ1v) is 5.77. The Morgan fingerprint density at radius 3 is 2.63 bits per heavy atom. The van der Waals surface area contributed by atoms with E-state index >= 15 is 0 Å². The molecule has 104 valence electrons. The predicted octanol–water partition coefficient (Wildman–Crippen LogP) is 3.65. The van der Waals surface area contributed by atoms with Gasteiger partial charge >= 0.3 is 6.09 Å². The highest BCUT2D eigenvalue weighted by molar-refractivity contribution is 6.67. The van der Waals surface area contributed by atoms with Crippen molar-refractivity contribution >= 4 is 52.3 Å². The quantitative estimate of drug-likeness (QED) is 0.520. The van der Waals surface area contributed by atoms with Crippen molar-refractivity contribution < 1.29 is 18.8 Å². The predicted molar refractivity (Wildman–Crippen MR) is 68.3 cm³/mol. The minimum Gasteiger partial charge on any atom is -0.445 e. The Morgan fingerprint density at radius 1 is 1.47 bits per heavy atom. The zero-order chi connectivity index (χ0) is 14.6.